The van der Waals surface area contributed by atoms with E-state index in [1.54, 1.807) is 0 Å². The highest BCUT2D eigenvalue weighted by molar-refractivity contribution is 6.02. The van der Waals surface area contributed by atoms with Crippen LogP contribution in [0.4, 0.5) is 5.69 Å². The number of aromatic nitrogens is 3. The molecule has 2 heterocycles. The maximum Gasteiger partial charge on any atom is 0.314 e. The molecule has 1 N–H and O–H groups in total. The van der Waals surface area contributed by atoms with Crippen molar-refractivity contribution in [2.45, 2.75) is 52.4 Å². The first-order chi connectivity index (χ1) is 17.9. The van der Waals surface area contributed by atoms with Crippen LogP contribution < -0.4 is 0 Å². The van der Waals surface area contributed by atoms with Crippen LogP contribution in [0.2, 0.25) is 0 Å². The fraction of sp³-hybridized carbons (Fsp3) is 0.290. The number of nitrogens with zero attached hydrogens (tertiary/aromatic N) is 5. The Morgan fingerprint density at radius 3 is 1.97 bits per heavy atom. The number of amides is 1. The van der Waals surface area contributed by atoms with Crippen LogP contribution in [0.3, 0.4) is 0 Å². The van der Waals surface area contributed by atoms with Gasteiger partial charge in [-0.1, -0.05) is 84.0 Å². The van der Waals surface area contributed by atoms with Crippen molar-refractivity contribution in [1.82, 2.24) is 14.0 Å². The molecule has 0 atom stereocenters. The van der Waals surface area contributed by atoms with Gasteiger partial charge in [0.15, 0.2) is 0 Å². The topological polar surface area (TPSA) is 84.2 Å². The van der Waals surface area contributed by atoms with Crippen molar-refractivity contribution in [3.05, 3.63) is 83.6 Å². The van der Waals surface area contributed by atoms with Gasteiger partial charge in [-0.15, -0.1) is 10.2 Å². The van der Waals surface area contributed by atoms with Crippen molar-refractivity contribution in [2.24, 2.45) is 17.3 Å². The standard InChI is InChI=1S/C31H33N5O2/c1-30(2,3)21-17-20(18-22(27(21)37)31(4,5)6)33-34-28(38)26-25(19-13-9-8-10-14-19)32-29-35(7)23-15-11-12-16-24(23)36(26)29/h8-18,37H,1-7H3. The Morgan fingerprint density at radius 1 is 0.842 bits per heavy atom. The molecular formula is C31H33N5O2. The van der Waals surface area contributed by atoms with E-state index >= 15 is 0 Å². The summed E-state index contributed by atoms with van der Waals surface area (Å²) >= 11 is 0. The number of hydrogen-bond donors (Lipinski definition) is 1. The summed E-state index contributed by atoms with van der Waals surface area (Å²) in [5.74, 6) is 0.420. The van der Waals surface area contributed by atoms with E-state index in [4.69, 9.17) is 4.98 Å². The number of phenols is 1. The summed E-state index contributed by atoms with van der Waals surface area (Å²) in [4.78, 5) is 18.7. The Morgan fingerprint density at radius 2 is 1.39 bits per heavy atom. The molecule has 0 saturated heterocycles. The third kappa shape index (κ3) is 4.28. The number of carbonyl (C=O) groups is 1. The maximum absolute atomic E-state index is 13.8. The lowest BCUT2D eigenvalue weighted by molar-refractivity contribution is 0.0990. The first kappa shape index (κ1) is 25.4. The van der Waals surface area contributed by atoms with Gasteiger partial charge in [-0.3, -0.25) is 9.20 Å². The van der Waals surface area contributed by atoms with Crippen molar-refractivity contribution in [1.29, 1.82) is 0 Å². The Bertz CT molecular complexity index is 1680. The number of aromatic hydroxyl groups is 1. The Kier molecular flexibility index (Phi) is 5.97. The van der Waals surface area contributed by atoms with Crippen LogP contribution in [0.25, 0.3) is 28.1 Å². The number of carbonyl (C=O) groups excluding carboxylic acids is 1. The lowest BCUT2D eigenvalue weighted by Crippen LogP contribution is -2.16. The van der Waals surface area contributed by atoms with E-state index in [1.807, 2.05) is 124 Å². The summed E-state index contributed by atoms with van der Waals surface area (Å²) in [6, 6.07) is 21.1. The number of para-hydroxylation sites is 2. The quantitative estimate of drug-likeness (QED) is 0.254. The van der Waals surface area contributed by atoms with Crippen LogP contribution >= 0.6 is 0 Å². The Hall–Kier alpha value is -4.26. The summed E-state index contributed by atoms with van der Waals surface area (Å²) in [5, 5.41) is 19.6. The Balaban J connectivity index is 1.69. The molecule has 0 radical (unpaired) electrons. The minimum absolute atomic E-state index is 0.259. The normalized spacial score (nSPS) is 12.7. The molecule has 7 heteroatoms. The summed E-state index contributed by atoms with van der Waals surface area (Å²) < 4.78 is 3.83. The number of imidazole rings is 2. The van der Waals surface area contributed by atoms with Crippen LogP contribution in [0.15, 0.2) is 77.0 Å². The SMILES string of the molecule is Cn1c2ccccc2n2c(C(=O)N=Nc3cc(C(C)(C)C)c(O)c(C(C)(C)C)c3)c(-c3ccccc3)nc12. The first-order valence-corrected chi connectivity index (χ1v) is 12.7. The zero-order chi connectivity index (χ0) is 27.4. The number of benzene rings is 3. The highest BCUT2D eigenvalue weighted by Crippen LogP contribution is 2.42. The molecule has 5 aromatic rings. The van der Waals surface area contributed by atoms with Crippen molar-refractivity contribution < 1.29 is 9.90 Å². The molecule has 3 aromatic carbocycles. The van der Waals surface area contributed by atoms with Gasteiger partial charge in [0.1, 0.15) is 17.1 Å². The molecule has 0 aliphatic rings. The molecule has 0 saturated carbocycles. The van der Waals surface area contributed by atoms with E-state index in [1.165, 1.54) is 0 Å². The highest BCUT2D eigenvalue weighted by Gasteiger charge is 2.28. The fourth-order valence-electron chi connectivity index (χ4n) is 4.87. The van der Waals surface area contributed by atoms with Gasteiger partial charge in [0.25, 0.3) is 0 Å². The van der Waals surface area contributed by atoms with E-state index in [0.29, 0.717) is 22.9 Å². The van der Waals surface area contributed by atoms with Crippen molar-refractivity contribution in [3.63, 3.8) is 0 Å². The molecule has 0 spiro atoms. The van der Waals surface area contributed by atoms with Gasteiger partial charge in [0.05, 0.1) is 16.7 Å². The van der Waals surface area contributed by atoms with Gasteiger partial charge < -0.3 is 9.67 Å². The second-order valence-electron chi connectivity index (χ2n) is 11.8. The molecule has 7 nitrogen and oxygen atoms in total. The van der Waals surface area contributed by atoms with Crippen LogP contribution in [0.5, 0.6) is 5.75 Å². The molecular weight excluding hydrogens is 474 g/mol. The second kappa shape index (κ2) is 8.94. The number of hydrogen-bond acceptors (Lipinski definition) is 4. The van der Waals surface area contributed by atoms with Crippen LogP contribution in [0, 0.1) is 0 Å². The Labute approximate surface area is 222 Å². The molecule has 0 aliphatic heterocycles. The molecule has 38 heavy (non-hydrogen) atoms. The van der Waals surface area contributed by atoms with Crippen LogP contribution in [-0.2, 0) is 17.9 Å². The van der Waals surface area contributed by atoms with Gasteiger partial charge >= 0.3 is 5.91 Å². The predicted molar refractivity (Wildman–Crippen MR) is 151 cm³/mol. The second-order valence-corrected chi connectivity index (χ2v) is 11.8. The average Bonchev–Trinajstić information content (AvgIpc) is 3.38. The molecule has 194 valence electrons. The predicted octanol–water partition coefficient (Wildman–Crippen LogP) is 7.72. The molecule has 0 unspecified atom stereocenters. The van der Waals surface area contributed by atoms with Gasteiger partial charge in [-0.25, -0.2) is 4.98 Å². The van der Waals surface area contributed by atoms with Gasteiger partial charge in [-0.05, 0) is 35.1 Å². The van der Waals surface area contributed by atoms with Crippen molar-refractivity contribution >= 4 is 28.4 Å². The largest absolute Gasteiger partial charge is 0.507 e. The summed E-state index contributed by atoms with van der Waals surface area (Å²) in [6.07, 6.45) is 0. The average molecular weight is 508 g/mol. The van der Waals surface area contributed by atoms with E-state index in [2.05, 4.69) is 10.2 Å². The smallest absolute Gasteiger partial charge is 0.314 e. The minimum Gasteiger partial charge on any atom is -0.507 e. The van der Waals surface area contributed by atoms with E-state index in [9.17, 15) is 9.90 Å². The van der Waals surface area contributed by atoms with E-state index in [-0.39, 0.29) is 16.6 Å². The molecule has 0 aliphatic carbocycles. The van der Waals surface area contributed by atoms with Crippen LogP contribution in [0.1, 0.15) is 63.2 Å². The van der Waals surface area contributed by atoms with Gasteiger partial charge in [0, 0.05) is 23.7 Å². The monoisotopic (exact) mass is 507 g/mol. The third-order valence-corrected chi connectivity index (χ3v) is 6.86. The highest BCUT2D eigenvalue weighted by atomic mass is 16.3. The summed E-state index contributed by atoms with van der Waals surface area (Å²) in [6.45, 7) is 12.2. The molecule has 1 amide bonds. The number of azo groups is 1. The lowest BCUT2D eigenvalue weighted by Gasteiger charge is -2.27. The summed E-state index contributed by atoms with van der Waals surface area (Å²) in [7, 11) is 1.94. The summed E-state index contributed by atoms with van der Waals surface area (Å²) in [5.41, 5.74) is 4.98. The number of rotatable bonds is 3. The first-order valence-electron chi connectivity index (χ1n) is 12.7. The molecule has 0 fully saturated rings. The fourth-order valence-corrected chi connectivity index (χ4v) is 4.87. The van der Waals surface area contributed by atoms with E-state index in [0.717, 1.165) is 27.7 Å². The minimum atomic E-state index is -0.490. The molecule has 0 bridgehead atoms. The molecule has 5 rings (SSSR count). The number of aryl methyl sites for hydroxylation is 1. The van der Waals surface area contributed by atoms with Gasteiger partial charge in [-0.2, -0.15) is 0 Å². The number of fused-ring (bicyclic) bond motifs is 3. The molecule has 2 aromatic heterocycles. The van der Waals surface area contributed by atoms with Crippen molar-refractivity contribution in [2.75, 3.05) is 0 Å². The zero-order valence-electron chi connectivity index (χ0n) is 22.9. The number of phenolic OH excluding ortho intramolecular Hbond substituents is 1. The van der Waals surface area contributed by atoms with Gasteiger partial charge in [0.2, 0.25) is 5.78 Å². The zero-order valence-corrected chi connectivity index (χ0v) is 22.9. The van der Waals surface area contributed by atoms with Crippen LogP contribution in [-0.4, -0.2) is 25.0 Å². The lowest BCUT2D eigenvalue weighted by atomic mass is 9.79. The van der Waals surface area contributed by atoms with Crippen molar-refractivity contribution in [3.8, 4) is 17.0 Å². The van der Waals surface area contributed by atoms with E-state index < -0.39 is 5.91 Å². The third-order valence-electron chi connectivity index (χ3n) is 6.86. The maximum atomic E-state index is 13.8.